The Morgan fingerprint density at radius 3 is 1.74 bits per heavy atom. The van der Waals surface area contributed by atoms with Crippen LogP contribution in [-0.2, 0) is 0 Å². The molecule has 272 valence electrons. The third kappa shape index (κ3) is 6.47. The molecule has 0 aliphatic rings. The number of aryl methyl sites for hydroxylation is 1. The molecule has 3 heterocycles. The molecule has 10 rings (SSSR count). The lowest BCUT2D eigenvalue weighted by atomic mass is 9.98. The van der Waals surface area contributed by atoms with Crippen LogP contribution in [0.5, 0.6) is 0 Å². The fraction of sp³-hybridized carbons (Fsp3) is 0.0588. The van der Waals surface area contributed by atoms with Crippen molar-refractivity contribution in [2.24, 2.45) is 4.99 Å². The third-order valence-corrected chi connectivity index (χ3v) is 10.6. The predicted molar refractivity (Wildman–Crippen MR) is 230 cm³/mol. The first-order valence-corrected chi connectivity index (χ1v) is 19.1. The maximum Gasteiger partial charge on any atom is 0.164 e. The van der Waals surface area contributed by atoms with Gasteiger partial charge in [-0.2, -0.15) is 0 Å². The van der Waals surface area contributed by atoms with Crippen molar-refractivity contribution in [1.82, 2.24) is 15.0 Å². The first-order chi connectivity index (χ1) is 28.1. The zero-order valence-electron chi connectivity index (χ0n) is 31.4. The highest BCUT2D eigenvalue weighted by atomic mass is 16.3. The van der Waals surface area contributed by atoms with Crippen molar-refractivity contribution in [2.45, 2.75) is 19.9 Å². The lowest BCUT2D eigenvalue weighted by Gasteiger charge is -2.13. The summed E-state index contributed by atoms with van der Waals surface area (Å²) in [7, 11) is 0. The average molecular weight is 737 g/mol. The molecule has 0 saturated carbocycles. The summed E-state index contributed by atoms with van der Waals surface area (Å²) >= 11 is 0. The number of aliphatic imine (C=N–C) groups is 1. The van der Waals surface area contributed by atoms with E-state index < -0.39 is 0 Å². The standard InChI is InChI=1S/C51H36N4O2/c1-32-41-23-12-13-24-44(41)57-48(32)47(34-15-6-3-7-16-34)52-33(2)37-21-14-22-38(29-37)39-25-27-42-43-30-40(26-28-45(43)56-46(42)31-39)51-54-49(35-17-8-4-9-18-35)53-50(55-51)36-19-10-5-11-20-36/h3-31,33H,1-2H3. The summed E-state index contributed by atoms with van der Waals surface area (Å²) in [6.45, 7) is 4.24. The number of aromatic nitrogens is 3. The molecule has 0 saturated heterocycles. The van der Waals surface area contributed by atoms with Gasteiger partial charge in [0.2, 0.25) is 0 Å². The fourth-order valence-corrected chi connectivity index (χ4v) is 7.54. The van der Waals surface area contributed by atoms with E-state index in [1.165, 1.54) is 0 Å². The van der Waals surface area contributed by atoms with E-state index in [0.717, 1.165) is 88.9 Å². The van der Waals surface area contributed by atoms with Crippen LogP contribution in [0.3, 0.4) is 0 Å². The Labute approximate surface area is 329 Å². The van der Waals surface area contributed by atoms with Crippen molar-refractivity contribution in [2.75, 3.05) is 0 Å². The molecular weight excluding hydrogens is 701 g/mol. The minimum absolute atomic E-state index is 0.138. The molecule has 3 aromatic heterocycles. The van der Waals surface area contributed by atoms with Crippen LogP contribution >= 0.6 is 0 Å². The number of fused-ring (bicyclic) bond motifs is 4. The van der Waals surface area contributed by atoms with Crippen LogP contribution in [0.4, 0.5) is 0 Å². The van der Waals surface area contributed by atoms with Gasteiger partial charge in [0.25, 0.3) is 0 Å². The van der Waals surface area contributed by atoms with Crippen LogP contribution < -0.4 is 0 Å². The van der Waals surface area contributed by atoms with E-state index in [0.29, 0.717) is 17.5 Å². The quantitative estimate of drug-likeness (QED) is 0.145. The predicted octanol–water partition coefficient (Wildman–Crippen LogP) is 13.1. The highest BCUT2D eigenvalue weighted by molar-refractivity contribution is 6.14. The van der Waals surface area contributed by atoms with Crippen LogP contribution in [0.1, 0.15) is 35.4 Å². The number of para-hydroxylation sites is 1. The number of furan rings is 2. The van der Waals surface area contributed by atoms with Gasteiger partial charge in [0.05, 0.1) is 6.04 Å². The highest BCUT2D eigenvalue weighted by Gasteiger charge is 2.20. The van der Waals surface area contributed by atoms with Gasteiger partial charge >= 0.3 is 0 Å². The van der Waals surface area contributed by atoms with Gasteiger partial charge in [-0.05, 0) is 73.0 Å². The van der Waals surface area contributed by atoms with Gasteiger partial charge in [-0.25, -0.2) is 15.0 Å². The van der Waals surface area contributed by atoms with Crippen LogP contribution in [0.15, 0.2) is 190 Å². The monoisotopic (exact) mass is 736 g/mol. The van der Waals surface area contributed by atoms with Crippen molar-refractivity contribution in [1.29, 1.82) is 0 Å². The second kappa shape index (κ2) is 14.3. The van der Waals surface area contributed by atoms with Crippen molar-refractivity contribution in [3.8, 4) is 45.3 Å². The maximum atomic E-state index is 6.47. The van der Waals surface area contributed by atoms with Crippen molar-refractivity contribution in [3.63, 3.8) is 0 Å². The van der Waals surface area contributed by atoms with Gasteiger partial charge in [0.15, 0.2) is 23.2 Å². The number of hydrogen-bond donors (Lipinski definition) is 0. The molecule has 10 aromatic rings. The summed E-state index contributed by atoms with van der Waals surface area (Å²) in [5.41, 5.74) is 11.4. The molecule has 0 N–H and O–H groups in total. The molecule has 6 heteroatoms. The largest absolute Gasteiger partial charge is 0.456 e. The van der Waals surface area contributed by atoms with E-state index >= 15 is 0 Å². The molecule has 0 aliphatic heterocycles. The number of nitrogens with zero attached hydrogens (tertiary/aromatic N) is 4. The molecule has 1 unspecified atom stereocenters. The summed E-state index contributed by atoms with van der Waals surface area (Å²) in [4.78, 5) is 20.1. The fourth-order valence-electron chi connectivity index (χ4n) is 7.54. The van der Waals surface area contributed by atoms with Gasteiger partial charge in [-0.1, -0.05) is 133 Å². The van der Waals surface area contributed by atoms with E-state index in [9.17, 15) is 0 Å². The zero-order valence-corrected chi connectivity index (χ0v) is 31.4. The second-order valence-corrected chi connectivity index (χ2v) is 14.3. The average Bonchev–Trinajstić information content (AvgIpc) is 3.82. The van der Waals surface area contributed by atoms with Crippen molar-refractivity contribution >= 4 is 38.6 Å². The van der Waals surface area contributed by atoms with E-state index in [1.807, 2.05) is 109 Å². The lowest BCUT2D eigenvalue weighted by molar-refractivity contribution is 0.600. The summed E-state index contributed by atoms with van der Waals surface area (Å²) in [6, 6.07) is 59.5. The smallest absolute Gasteiger partial charge is 0.164 e. The first kappa shape index (κ1) is 34.1. The Morgan fingerprint density at radius 1 is 0.456 bits per heavy atom. The van der Waals surface area contributed by atoms with Crippen molar-refractivity contribution < 1.29 is 8.83 Å². The Kier molecular flexibility index (Phi) is 8.57. The molecule has 0 radical (unpaired) electrons. The summed E-state index contributed by atoms with van der Waals surface area (Å²) < 4.78 is 12.9. The van der Waals surface area contributed by atoms with Gasteiger partial charge < -0.3 is 8.83 Å². The molecule has 0 spiro atoms. The first-order valence-electron chi connectivity index (χ1n) is 19.1. The maximum absolute atomic E-state index is 6.47. The topological polar surface area (TPSA) is 77.3 Å². The van der Waals surface area contributed by atoms with Crippen LogP contribution in [0.25, 0.3) is 78.2 Å². The van der Waals surface area contributed by atoms with Crippen LogP contribution in [0, 0.1) is 6.92 Å². The van der Waals surface area contributed by atoms with Crippen LogP contribution in [0.2, 0.25) is 0 Å². The zero-order chi connectivity index (χ0) is 38.3. The van der Waals surface area contributed by atoms with Crippen LogP contribution in [-0.4, -0.2) is 20.7 Å². The molecule has 0 aliphatic carbocycles. The molecular formula is C51H36N4O2. The van der Waals surface area contributed by atoms with E-state index in [1.54, 1.807) is 0 Å². The summed E-state index contributed by atoms with van der Waals surface area (Å²) in [5.74, 6) is 2.66. The molecule has 0 bridgehead atoms. The van der Waals surface area contributed by atoms with Crippen molar-refractivity contribution in [3.05, 3.63) is 198 Å². The molecule has 57 heavy (non-hydrogen) atoms. The number of benzene rings is 7. The Hall–Kier alpha value is -7.44. The SMILES string of the molecule is Cc1c(C(=NC(C)c2cccc(-c3ccc4c(c3)oc3ccc(-c5nc(-c6ccccc6)nc(-c6ccccc6)n5)cc34)c2)c2ccccc2)oc2ccccc12. The Morgan fingerprint density at radius 2 is 1.04 bits per heavy atom. The number of rotatable bonds is 8. The lowest BCUT2D eigenvalue weighted by Crippen LogP contribution is -2.06. The minimum atomic E-state index is -0.138. The Balaban J connectivity index is 1.00. The van der Waals surface area contributed by atoms with E-state index in [-0.39, 0.29) is 6.04 Å². The third-order valence-electron chi connectivity index (χ3n) is 10.6. The highest BCUT2D eigenvalue weighted by Crippen LogP contribution is 2.36. The van der Waals surface area contributed by atoms with Gasteiger partial charge in [-0.15, -0.1) is 0 Å². The molecule has 7 aromatic carbocycles. The van der Waals surface area contributed by atoms with E-state index in [4.69, 9.17) is 28.8 Å². The Bertz CT molecular complexity index is 3040. The molecule has 6 nitrogen and oxygen atoms in total. The number of hydrogen-bond acceptors (Lipinski definition) is 6. The normalized spacial score (nSPS) is 12.4. The van der Waals surface area contributed by atoms with Gasteiger partial charge in [0.1, 0.15) is 22.5 Å². The molecule has 1 atom stereocenters. The molecule has 0 amide bonds. The van der Waals surface area contributed by atoms with Gasteiger partial charge in [-0.3, -0.25) is 4.99 Å². The van der Waals surface area contributed by atoms with E-state index in [2.05, 4.69) is 80.6 Å². The minimum Gasteiger partial charge on any atom is -0.456 e. The second-order valence-electron chi connectivity index (χ2n) is 14.3. The summed E-state index contributed by atoms with van der Waals surface area (Å²) in [5, 5.41) is 3.13. The molecule has 0 fully saturated rings. The van der Waals surface area contributed by atoms with Gasteiger partial charge in [0, 0.05) is 44.0 Å². The summed E-state index contributed by atoms with van der Waals surface area (Å²) in [6.07, 6.45) is 0.